The third-order valence-electron chi connectivity index (χ3n) is 2.31. The minimum absolute atomic E-state index is 0.380. The lowest BCUT2D eigenvalue weighted by atomic mass is 10.2. The van der Waals surface area contributed by atoms with Crippen LogP contribution < -0.4 is 10.7 Å². The van der Waals surface area contributed by atoms with Crippen LogP contribution in [0.3, 0.4) is 0 Å². The highest BCUT2D eigenvalue weighted by Gasteiger charge is 1.98. The molecule has 19 heavy (non-hydrogen) atoms. The molecule has 0 radical (unpaired) electrons. The van der Waals surface area contributed by atoms with Crippen molar-refractivity contribution in [2.24, 2.45) is 5.10 Å². The van der Waals surface area contributed by atoms with Gasteiger partial charge >= 0.3 is 6.03 Å². The maximum Gasteiger partial charge on any atom is 0.339 e. The summed E-state index contributed by atoms with van der Waals surface area (Å²) >= 11 is 3.40. The van der Waals surface area contributed by atoms with E-state index >= 15 is 0 Å². The van der Waals surface area contributed by atoms with Crippen LogP contribution in [0.15, 0.2) is 64.2 Å². The van der Waals surface area contributed by atoms with Gasteiger partial charge in [0, 0.05) is 15.7 Å². The number of urea groups is 1. The van der Waals surface area contributed by atoms with E-state index in [1.54, 1.807) is 18.3 Å². The molecule has 0 aliphatic rings. The Morgan fingerprint density at radius 1 is 1.05 bits per heavy atom. The Kier molecular flexibility index (Phi) is 4.69. The molecule has 0 aliphatic heterocycles. The summed E-state index contributed by atoms with van der Waals surface area (Å²) in [6, 6.07) is 16.4. The summed E-state index contributed by atoms with van der Waals surface area (Å²) in [4.78, 5) is 11.5. The number of carbonyl (C=O) groups is 1. The molecule has 0 aliphatic carbocycles. The number of hydrazone groups is 1. The number of nitrogens with one attached hydrogen (secondary N) is 2. The molecule has 0 aromatic heterocycles. The Balaban J connectivity index is 1.89. The van der Waals surface area contributed by atoms with Crippen LogP contribution >= 0.6 is 15.9 Å². The molecule has 5 heteroatoms. The molecule has 0 saturated carbocycles. The van der Waals surface area contributed by atoms with Crippen LogP contribution in [0.5, 0.6) is 0 Å². The number of nitrogens with zero attached hydrogens (tertiary/aromatic N) is 1. The van der Waals surface area contributed by atoms with Gasteiger partial charge in [0.25, 0.3) is 0 Å². The van der Waals surface area contributed by atoms with Crippen LogP contribution in [-0.2, 0) is 0 Å². The second-order valence-corrected chi connectivity index (χ2v) is 4.57. The molecule has 0 heterocycles. The molecule has 2 amide bonds. The Morgan fingerprint density at radius 2 is 1.74 bits per heavy atom. The topological polar surface area (TPSA) is 53.5 Å². The van der Waals surface area contributed by atoms with E-state index in [9.17, 15) is 4.79 Å². The van der Waals surface area contributed by atoms with Crippen LogP contribution in [0, 0.1) is 0 Å². The second-order valence-electron chi connectivity index (χ2n) is 3.71. The lowest BCUT2D eigenvalue weighted by molar-refractivity contribution is 0.252. The van der Waals surface area contributed by atoms with Crippen molar-refractivity contribution in [2.45, 2.75) is 0 Å². The molecule has 0 fully saturated rings. The van der Waals surface area contributed by atoms with Gasteiger partial charge in [-0.3, -0.25) is 0 Å². The Morgan fingerprint density at radius 3 is 2.47 bits per heavy atom. The minimum Gasteiger partial charge on any atom is -0.307 e. The van der Waals surface area contributed by atoms with Crippen LogP contribution in [-0.4, -0.2) is 12.2 Å². The molecule has 4 nitrogen and oxygen atoms in total. The van der Waals surface area contributed by atoms with Gasteiger partial charge < -0.3 is 5.32 Å². The number of benzene rings is 2. The van der Waals surface area contributed by atoms with Crippen molar-refractivity contribution in [2.75, 3.05) is 5.32 Å². The van der Waals surface area contributed by atoms with Crippen LogP contribution in [0.25, 0.3) is 0 Å². The molecule has 0 atom stereocenters. The molecule has 0 spiro atoms. The van der Waals surface area contributed by atoms with Gasteiger partial charge in [-0.25, -0.2) is 10.2 Å². The van der Waals surface area contributed by atoms with Crippen LogP contribution in [0.4, 0.5) is 10.5 Å². The number of halogens is 1. The minimum atomic E-state index is -0.380. The number of para-hydroxylation sites is 1. The predicted molar refractivity (Wildman–Crippen MR) is 80.3 cm³/mol. The van der Waals surface area contributed by atoms with Crippen molar-refractivity contribution in [1.82, 2.24) is 5.43 Å². The summed E-state index contributed by atoms with van der Waals surface area (Å²) in [5, 5.41) is 6.55. The van der Waals surface area contributed by atoms with Gasteiger partial charge in [-0.05, 0) is 18.2 Å². The number of anilines is 1. The van der Waals surface area contributed by atoms with Crippen molar-refractivity contribution < 1.29 is 4.79 Å². The molecule has 2 aromatic rings. The molecule has 2 N–H and O–H groups in total. The SMILES string of the molecule is O=C(N/N=C\c1ccccc1Br)Nc1ccccc1. The quantitative estimate of drug-likeness (QED) is 0.659. The average Bonchev–Trinajstić information content (AvgIpc) is 2.42. The summed E-state index contributed by atoms with van der Waals surface area (Å²) in [5.41, 5.74) is 4.02. The Hall–Kier alpha value is -2.14. The van der Waals surface area contributed by atoms with E-state index < -0.39 is 0 Å². The molecule has 0 bridgehead atoms. The van der Waals surface area contributed by atoms with Crippen molar-refractivity contribution in [3.05, 3.63) is 64.6 Å². The molecular weight excluding hydrogens is 306 g/mol. The zero-order chi connectivity index (χ0) is 13.5. The highest BCUT2D eigenvalue weighted by Crippen LogP contribution is 2.13. The summed E-state index contributed by atoms with van der Waals surface area (Å²) < 4.78 is 0.920. The first-order chi connectivity index (χ1) is 9.25. The fourth-order valence-electron chi connectivity index (χ4n) is 1.42. The molecule has 2 aromatic carbocycles. The van der Waals surface area contributed by atoms with Crippen LogP contribution in [0.2, 0.25) is 0 Å². The molecule has 0 unspecified atom stereocenters. The van der Waals surface area contributed by atoms with Gasteiger partial charge in [-0.2, -0.15) is 5.10 Å². The van der Waals surface area contributed by atoms with Gasteiger partial charge in [-0.15, -0.1) is 0 Å². The summed E-state index contributed by atoms with van der Waals surface area (Å²) in [7, 11) is 0. The molecule has 2 rings (SSSR count). The molecule has 96 valence electrons. The molecular formula is C14H12BrN3O. The van der Waals surface area contributed by atoms with Gasteiger partial charge in [0.15, 0.2) is 0 Å². The van der Waals surface area contributed by atoms with E-state index in [-0.39, 0.29) is 6.03 Å². The van der Waals surface area contributed by atoms with E-state index in [1.165, 1.54) is 0 Å². The largest absolute Gasteiger partial charge is 0.339 e. The summed E-state index contributed by atoms with van der Waals surface area (Å²) in [6.07, 6.45) is 1.58. The first-order valence-electron chi connectivity index (χ1n) is 5.65. The molecule has 0 saturated heterocycles. The van der Waals surface area contributed by atoms with Gasteiger partial charge in [0.05, 0.1) is 6.21 Å². The summed E-state index contributed by atoms with van der Waals surface area (Å²) in [6.45, 7) is 0. The van der Waals surface area contributed by atoms with Crippen molar-refractivity contribution >= 4 is 33.9 Å². The maximum atomic E-state index is 11.5. The lowest BCUT2D eigenvalue weighted by Crippen LogP contribution is -2.24. The zero-order valence-corrected chi connectivity index (χ0v) is 11.6. The monoisotopic (exact) mass is 317 g/mol. The maximum absolute atomic E-state index is 11.5. The summed E-state index contributed by atoms with van der Waals surface area (Å²) in [5.74, 6) is 0. The van der Waals surface area contributed by atoms with Crippen molar-refractivity contribution in [3.8, 4) is 0 Å². The van der Waals surface area contributed by atoms with E-state index in [1.807, 2.05) is 42.5 Å². The number of rotatable bonds is 3. The van der Waals surface area contributed by atoms with Gasteiger partial charge in [0.1, 0.15) is 0 Å². The van der Waals surface area contributed by atoms with Crippen molar-refractivity contribution in [3.63, 3.8) is 0 Å². The standard InChI is InChI=1S/C14H12BrN3O/c15-13-9-5-4-6-11(13)10-16-18-14(19)17-12-7-2-1-3-8-12/h1-10H,(H2,17,18,19)/b16-10-. The van der Waals surface area contributed by atoms with E-state index in [4.69, 9.17) is 0 Å². The third kappa shape index (κ3) is 4.22. The number of carbonyl (C=O) groups excluding carboxylic acids is 1. The van der Waals surface area contributed by atoms with E-state index in [0.29, 0.717) is 0 Å². The Bertz CT molecular complexity index is 584. The highest BCUT2D eigenvalue weighted by molar-refractivity contribution is 9.10. The number of hydrogen-bond acceptors (Lipinski definition) is 2. The predicted octanol–water partition coefficient (Wildman–Crippen LogP) is 3.60. The fourth-order valence-corrected chi connectivity index (χ4v) is 1.81. The third-order valence-corrected chi connectivity index (χ3v) is 3.03. The fraction of sp³-hybridized carbons (Fsp3) is 0. The normalized spacial score (nSPS) is 10.4. The van der Waals surface area contributed by atoms with Crippen molar-refractivity contribution in [1.29, 1.82) is 0 Å². The van der Waals surface area contributed by atoms with Gasteiger partial charge in [0.2, 0.25) is 0 Å². The lowest BCUT2D eigenvalue weighted by Gasteiger charge is -2.03. The number of amides is 2. The van der Waals surface area contributed by atoms with E-state index in [2.05, 4.69) is 31.8 Å². The number of hydrogen-bond donors (Lipinski definition) is 2. The van der Waals surface area contributed by atoms with Gasteiger partial charge in [-0.1, -0.05) is 52.3 Å². The van der Waals surface area contributed by atoms with Crippen LogP contribution in [0.1, 0.15) is 5.56 Å². The first-order valence-corrected chi connectivity index (χ1v) is 6.44. The zero-order valence-electron chi connectivity index (χ0n) is 10.0. The second kappa shape index (κ2) is 6.70. The first kappa shape index (κ1) is 13.3. The highest BCUT2D eigenvalue weighted by atomic mass is 79.9. The average molecular weight is 318 g/mol. The smallest absolute Gasteiger partial charge is 0.307 e. The Labute approximate surface area is 119 Å². The van der Waals surface area contributed by atoms with E-state index in [0.717, 1.165) is 15.7 Å².